The van der Waals surface area contributed by atoms with Crippen LogP contribution in [0.1, 0.15) is 11.3 Å². The van der Waals surface area contributed by atoms with E-state index >= 15 is 0 Å². The second-order valence-electron chi connectivity index (χ2n) is 3.36. The maximum absolute atomic E-state index is 12.5. The monoisotopic (exact) mass is 225 g/mol. The molecule has 1 radical (unpaired) electrons. The summed E-state index contributed by atoms with van der Waals surface area (Å²) in [6.45, 7) is 1.40. The van der Waals surface area contributed by atoms with Gasteiger partial charge in [0.1, 0.15) is 0 Å². The number of nitrogens with one attached hydrogen (secondary N) is 1. The van der Waals surface area contributed by atoms with E-state index in [-0.39, 0.29) is 5.56 Å². The van der Waals surface area contributed by atoms with Gasteiger partial charge in [-0.2, -0.15) is 18.3 Å². The number of rotatable bonds is 1. The summed E-state index contributed by atoms with van der Waals surface area (Å²) in [7, 11) is 0. The lowest BCUT2D eigenvalue weighted by atomic mass is 10.1. The molecule has 0 unspecified atom stereocenters. The predicted octanol–water partition coefficient (Wildman–Crippen LogP) is 3.20. The topological polar surface area (TPSA) is 28.7 Å². The highest BCUT2D eigenvalue weighted by Gasteiger charge is 2.36. The highest BCUT2D eigenvalue weighted by Crippen LogP contribution is 2.33. The molecule has 0 aliphatic heterocycles. The van der Waals surface area contributed by atoms with Gasteiger partial charge in [0.25, 0.3) is 0 Å². The first-order valence-electron chi connectivity index (χ1n) is 4.59. The van der Waals surface area contributed by atoms with E-state index in [2.05, 4.69) is 16.3 Å². The van der Waals surface area contributed by atoms with Crippen LogP contribution in [-0.4, -0.2) is 10.2 Å². The molecular weight excluding hydrogens is 217 g/mol. The number of nitrogens with zero attached hydrogens (tertiary/aromatic N) is 1. The van der Waals surface area contributed by atoms with Crippen LogP contribution in [-0.2, 0) is 6.18 Å². The Bertz CT molecular complexity index is 486. The average molecular weight is 225 g/mol. The molecule has 2 rings (SSSR count). The van der Waals surface area contributed by atoms with Crippen LogP contribution < -0.4 is 0 Å². The Morgan fingerprint density at radius 1 is 1.25 bits per heavy atom. The van der Waals surface area contributed by atoms with Gasteiger partial charge in [-0.25, -0.2) is 0 Å². The number of benzene rings is 1. The summed E-state index contributed by atoms with van der Waals surface area (Å²) >= 11 is 0. The molecule has 16 heavy (non-hydrogen) atoms. The maximum Gasteiger partial charge on any atom is 0.435 e. The van der Waals surface area contributed by atoms with E-state index in [1.54, 1.807) is 24.3 Å². The molecule has 0 aliphatic carbocycles. The van der Waals surface area contributed by atoms with Crippen LogP contribution in [0.5, 0.6) is 0 Å². The summed E-state index contributed by atoms with van der Waals surface area (Å²) < 4.78 is 37.5. The van der Waals surface area contributed by atoms with E-state index in [0.29, 0.717) is 11.3 Å². The van der Waals surface area contributed by atoms with Gasteiger partial charge in [0.05, 0.1) is 5.69 Å². The van der Waals surface area contributed by atoms with Gasteiger partial charge in [0, 0.05) is 5.56 Å². The number of halogens is 3. The largest absolute Gasteiger partial charge is 0.435 e. The molecule has 2 aromatic rings. The molecule has 0 atom stereocenters. The minimum absolute atomic E-state index is 0.110. The van der Waals surface area contributed by atoms with Gasteiger partial charge in [0.15, 0.2) is 5.69 Å². The van der Waals surface area contributed by atoms with Crippen LogP contribution >= 0.6 is 0 Å². The number of hydrogen-bond donors (Lipinski definition) is 1. The molecule has 0 saturated heterocycles. The van der Waals surface area contributed by atoms with Crippen molar-refractivity contribution in [1.82, 2.24) is 10.2 Å². The number of aromatic nitrogens is 2. The SMILES string of the molecule is Cc1c(C(F)(F)F)n[nH]c1-c1cc[c]cc1. The van der Waals surface area contributed by atoms with Gasteiger partial charge in [-0.15, -0.1) is 0 Å². The Balaban J connectivity index is 2.50. The number of alkyl halides is 3. The Kier molecular flexibility index (Phi) is 2.46. The fourth-order valence-corrected chi connectivity index (χ4v) is 1.51. The van der Waals surface area contributed by atoms with E-state index in [9.17, 15) is 13.2 Å². The second-order valence-corrected chi connectivity index (χ2v) is 3.36. The first kappa shape index (κ1) is 10.7. The zero-order chi connectivity index (χ0) is 11.8. The van der Waals surface area contributed by atoms with Crippen LogP contribution in [0.25, 0.3) is 11.3 Å². The van der Waals surface area contributed by atoms with Gasteiger partial charge < -0.3 is 0 Å². The zero-order valence-corrected chi connectivity index (χ0v) is 8.39. The zero-order valence-electron chi connectivity index (χ0n) is 8.39. The summed E-state index contributed by atoms with van der Waals surface area (Å²) in [5, 5.41) is 5.72. The van der Waals surface area contributed by atoms with Crippen LogP contribution in [0.2, 0.25) is 0 Å². The molecule has 1 aromatic carbocycles. The Morgan fingerprint density at radius 3 is 2.38 bits per heavy atom. The molecule has 0 fully saturated rings. The first-order chi connectivity index (χ1) is 7.50. The molecule has 0 spiro atoms. The summed E-state index contributed by atoms with van der Waals surface area (Å²) in [4.78, 5) is 0. The van der Waals surface area contributed by atoms with Gasteiger partial charge in [-0.1, -0.05) is 24.3 Å². The van der Waals surface area contributed by atoms with Crippen LogP contribution in [0, 0.1) is 13.0 Å². The third-order valence-electron chi connectivity index (χ3n) is 2.29. The smallest absolute Gasteiger partial charge is 0.277 e. The van der Waals surface area contributed by atoms with Crippen molar-refractivity contribution in [3.8, 4) is 11.3 Å². The highest BCUT2D eigenvalue weighted by atomic mass is 19.4. The van der Waals surface area contributed by atoms with Crippen molar-refractivity contribution < 1.29 is 13.2 Å². The quantitative estimate of drug-likeness (QED) is 0.793. The number of H-pyrrole nitrogens is 1. The van der Waals surface area contributed by atoms with Gasteiger partial charge in [-0.3, -0.25) is 5.10 Å². The van der Waals surface area contributed by atoms with Gasteiger partial charge >= 0.3 is 6.18 Å². The van der Waals surface area contributed by atoms with Crippen LogP contribution in [0.15, 0.2) is 24.3 Å². The molecule has 1 aromatic heterocycles. The van der Waals surface area contributed by atoms with Crippen molar-refractivity contribution in [3.05, 3.63) is 41.6 Å². The lowest BCUT2D eigenvalue weighted by molar-refractivity contribution is -0.141. The van der Waals surface area contributed by atoms with Gasteiger partial charge in [-0.05, 0) is 18.6 Å². The normalized spacial score (nSPS) is 11.8. The minimum Gasteiger partial charge on any atom is -0.277 e. The first-order valence-corrected chi connectivity index (χ1v) is 4.59. The molecule has 2 nitrogen and oxygen atoms in total. The molecule has 1 N–H and O–H groups in total. The second kappa shape index (κ2) is 3.66. The fourth-order valence-electron chi connectivity index (χ4n) is 1.51. The van der Waals surface area contributed by atoms with Crippen molar-refractivity contribution in [2.45, 2.75) is 13.1 Å². The van der Waals surface area contributed by atoms with Crippen LogP contribution in [0.3, 0.4) is 0 Å². The average Bonchev–Trinajstić information content (AvgIpc) is 2.61. The highest BCUT2D eigenvalue weighted by molar-refractivity contribution is 5.63. The lowest BCUT2D eigenvalue weighted by Gasteiger charge is -2.03. The van der Waals surface area contributed by atoms with Crippen LogP contribution in [0.4, 0.5) is 13.2 Å². The van der Waals surface area contributed by atoms with E-state index in [4.69, 9.17) is 0 Å². The standard InChI is InChI=1S/C11H8F3N2/c1-7-9(8-5-3-2-4-6-8)15-16-10(7)11(12,13)14/h3-6H,1H3,(H,15,16). The summed E-state index contributed by atoms with van der Waals surface area (Å²) in [6.07, 6.45) is -4.42. The Labute approximate surface area is 90.1 Å². The summed E-state index contributed by atoms with van der Waals surface area (Å²) in [5.41, 5.74) is 0.301. The van der Waals surface area contributed by atoms with Crippen molar-refractivity contribution >= 4 is 0 Å². The van der Waals surface area contributed by atoms with Crippen molar-refractivity contribution in [2.24, 2.45) is 0 Å². The fraction of sp³-hybridized carbons (Fsp3) is 0.182. The molecule has 0 aliphatic rings. The minimum atomic E-state index is -4.42. The molecule has 1 heterocycles. The lowest BCUT2D eigenvalue weighted by Crippen LogP contribution is -2.07. The Hall–Kier alpha value is -1.78. The molecule has 0 bridgehead atoms. The van der Waals surface area contributed by atoms with E-state index in [0.717, 1.165) is 0 Å². The predicted molar refractivity (Wildman–Crippen MR) is 52.6 cm³/mol. The number of aromatic amines is 1. The molecule has 83 valence electrons. The molecule has 0 saturated carbocycles. The molecule has 5 heteroatoms. The third-order valence-corrected chi connectivity index (χ3v) is 2.29. The van der Waals surface area contributed by atoms with Crippen molar-refractivity contribution in [3.63, 3.8) is 0 Å². The van der Waals surface area contributed by atoms with E-state index in [1.165, 1.54) is 6.92 Å². The van der Waals surface area contributed by atoms with E-state index in [1.807, 2.05) is 0 Å². The summed E-state index contributed by atoms with van der Waals surface area (Å²) in [6, 6.07) is 9.45. The molecular formula is C11H8F3N2. The van der Waals surface area contributed by atoms with Crippen molar-refractivity contribution in [2.75, 3.05) is 0 Å². The van der Waals surface area contributed by atoms with E-state index < -0.39 is 11.9 Å². The maximum atomic E-state index is 12.5. The molecule has 0 amide bonds. The third kappa shape index (κ3) is 1.80. The Morgan fingerprint density at radius 2 is 1.88 bits per heavy atom. The van der Waals surface area contributed by atoms with Gasteiger partial charge in [0.2, 0.25) is 0 Å². The van der Waals surface area contributed by atoms with Crippen molar-refractivity contribution in [1.29, 1.82) is 0 Å². The number of hydrogen-bond acceptors (Lipinski definition) is 1. The summed E-state index contributed by atoms with van der Waals surface area (Å²) in [5.74, 6) is 0.